The Morgan fingerprint density at radius 2 is 2.31 bits per heavy atom. The smallest absolute Gasteiger partial charge is 0.155 e. The lowest BCUT2D eigenvalue weighted by atomic mass is 10.1. The van der Waals surface area contributed by atoms with E-state index in [1.54, 1.807) is 6.07 Å². The van der Waals surface area contributed by atoms with E-state index in [1.165, 1.54) is 11.3 Å². The van der Waals surface area contributed by atoms with Gasteiger partial charge in [-0.05, 0) is 22.9 Å². The summed E-state index contributed by atoms with van der Waals surface area (Å²) in [4.78, 5) is 10.6. The fraction of sp³-hybridized carbons (Fsp3) is 0. The third-order valence-corrected chi connectivity index (χ3v) is 3.27. The first-order valence-electron chi connectivity index (χ1n) is 3.58. The fourth-order valence-corrected chi connectivity index (χ4v) is 2.39. The zero-order valence-electron chi connectivity index (χ0n) is 6.45. The molecule has 0 spiro atoms. The van der Waals surface area contributed by atoms with E-state index >= 15 is 0 Å². The second kappa shape index (κ2) is 3.01. The van der Waals surface area contributed by atoms with Crippen LogP contribution in [0, 0.1) is 0 Å². The summed E-state index contributed by atoms with van der Waals surface area (Å²) in [5.41, 5.74) is 0.164. The maximum Gasteiger partial charge on any atom is 0.155 e. The molecule has 0 aliphatic carbocycles. The Labute approximate surface area is 83.4 Å². The van der Waals surface area contributed by atoms with Crippen molar-refractivity contribution >= 4 is 39.3 Å². The number of benzene rings is 1. The van der Waals surface area contributed by atoms with Crippen molar-refractivity contribution in [1.82, 2.24) is 0 Å². The second-order valence-corrected chi connectivity index (χ2v) is 3.87. The SMILES string of the molecule is O=Cc1c(O)cc2ccsc2c1Cl. The molecular formula is C9H5ClO2S. The van der Waals surface area contributed by atoms with E-state index in [1.807, 2.05) is 11.4 Å². The van der Waals surface area contributed by atoms with Crippen LogP contribution >= 0.6 is 22.9 Å². The molecule has 0 amide bonds. The van der Waals surface area contributed by atoms with Crippen LogP contribution < -0.4 is 0 Å². The van der Waals surface area contributed by atoms with E-state index in [0.29, 0.717) is 11.3 Å². The predicted molar refractivity (Wildman–Crippen MR) is 53.9 cm³/mol. The van der Waals surface area contributed by atoms with Crippen molar-refractivity contribution in [2.24, 2.45) is 0 Å². The molecule has 2 rings (SSSR count). The van der Waals surface area contributed by atoms with E-state index in [4.69, 9.17) is 11.6 Å². The molecule has 4 heteroatoms. The van der Waals surface area contributed by atoms with Crippen LogP contribution in [-0.4, -0.2) is 11.4 Å². The largest absolute Gasteiger partial charge is 0.507 e. The van der Waals surface area contributed by atoms with Gasteiger partial charge in [-0.3, -0.25) is 4.79 Å². The van der Waals surface area contributed by atoms with Gasteiger partial charge in [0.25, 0.3) is 0 Å². The third-order valence-electron chi connectivity index (χ3n) is 1.82. The molecule has 0 saturated carbocycles. The van der Waals surface area contributed by atoms with Gasteiger partial charge in [-0.1, -0.05) is 11.6 Å². The van der Waals surface area contributed by atoms with Gasteiger partial charge >= 0.3 is 0 Å². The van der Waals surface area contributed by atoms with Gasteiger partial charge < -0.3 is 5.11 Å². The van der Waals surface area contributed by atoms with Crippen LogP contribution in [0.5, 0.6) is 5.75 Å². The van der Waals surface area contributed by atoms with Crippen LogP contribution in [0.2, 0.25) is 5.02 Å². The van der Waals surface area contributed by atoms with Crippen LogP contribution in [0.1, 0.15) is 10.4 Å². The van der Waals surface area contributed by atoms with Crippen LogP contribution in [0.4, 0.5) is 0 Å². The highest BCUT2D eigenvalue weighted by Gasteiger charge is 2.10. The fourth-order valence-electron chi connectivity index (χ4n) is 1.18. The highest BCUT2D eigenvalue weighted by molar-refractivity contribution is 7.17. The summed E-state index contributed by atoms with van der Waals surface area (Å²) in [6.07, 6.45) is 0.566. The minimum Gasteiger partial charge on any atom is -0.507 e. The number of rotatable bonds is 1. The molecule has 0 aliphatic heterocycles. The summed E-state index contributed by atoms with van der Waals surface area (Å²) in [7, 11) is 0. The maximum absolute atomic E-state index is 10.6. The van der Waals surface area contributed by atoms with Crippen LogP contribution in [0.25, 0.3) is 10.1 Å². The Balaban J connectivity index is 2.92. The number of halogens is 1. The molecule has 2 nitrogen and oxygen atoms in total. The summed E-state index contributed by atoms with van der Waals surface area (Å²) in [6, 6.07) is 3.39. The summed E-state index contributed by atoms with van der Waals surface area (Å²) in [6.45, 7) is 0. The van der Waals surface area contributed by atoms with Crippen molar-refractivity contribution in [2.45, 2.75) is 0 Å². The molecule has 1 aromatic carbocycles. The highest BCUT2D eigenvalue weighted by Crippen LogP contribution is 2.35. The lowest BCUT2D eigenvalue weighted by molar-refractivity contribution is 0.112. The molecule has 0 fully saturated rings. The number of hydrogen-bond donors (Lipinski definition) is 1. The monoisotopic (exact) mass is 212 g/mol. The van der Waals surface area contributed by atoms with E-state index in [2.05, 4.69) is 0 Å². The number of aldehydes is 1. The minimum absolute atomic E-state index is 0.0640. The Morgan fingerprint density at radius 3 is 3.00 bits per heavy atom. The molecule has 0 saturated heterocycles. The Morgan fingerprint density at radius 1 is 1.54 bits per heavy atom. The number of carbonyl (C=O) groups excluding carboxylic acids is 1. The van der Waals surface area contributed by atoms with E-state index in [9.17, 15) is 9.90 Å². The lowest BCUT2D eigenvalue weighted by Gasteiger charge is -2.00. The quantitative estimate of drug-likeness (QED) is 0.738. The normalized spacial score (nSPS) is 10.5. The lowest BCUT2D eigenvalue weighted by Crippen LogP contribution is -1.82. The summed E-state index contributed by atoms with van der Waals surface area (Å²) in [5.74, 6) is -0.0640. The zero-order valence-corrected chi connectivity index (χ0v) is 8.02. The molecule has 1 aromatic heterocycles. The number of thiophene rings is 1. The molecule has 0 aliphatic rings. The molecule has 1 N–H and O–H groups in total. The molecule has 0 radical (unpaired) electrons. The van der Waals surface area contributed by atoms with Crippen LogP contribution in [-0.2, 0) is 0 Å². The number of hydrogen-bond acceptors (Lipinski definition) is 3. The van der Waals surface area contributed by atoms with Crippen LogP contribution in [0.3, 0.4) is 0 Å². The number of fused-ring (bicyclic) bond motifs is 1. The third kappa shape index (κ3) is 1.20. The zero-order chi connectivity index (χ0) is 9.42. The number of aromatic hydroxyl groups is 1. The summed E-state index contributed by atoms with van der Waals surface area (Å²) >= 11 is 7.36. The Hall–Kier alpha value is -1.06. The maximum atomic E-state index is 10.6. The van der Waals surface area contributed by atoms with Crippen molar-refractivity contribution < 1.29 is 9.90 Å². The van der Waals surface area contributed by atoms with E-state index in [0.717, 1.165) is 10.1 Å². The predicted octanol–water partition coefficient (Wildman–Crippen LogP) is 3.07. The van der Waals surface area contributed by atoms with Gasteiger partial charge in [0.1, 0.15) is 5.75 Å². The number of phenols is 1. The highest BCUT2D eigenvalue weighted by atomic mass is 35.5. The van der Waals surface area contributed by atoms with Crippen molar-refractivity contribution in [3.8, 4) is 5.75 Å². The first kappa shape index (κ1) is 8.53. The van der Waals surface area contributed by atoms with Gasteiger partial charge in [-0.25, -0.2) is 0 Å². The topological polar surface area (TPSA) is 37.3 Å². The number of phenolic OH excluding ortho intramolecular Hbond substituents is 1. The van der Waals surface area contributed by atoms with Crippen LogP contribution in [0.15, 0.2) is 17.5 Å². The van der Waals surface area contributed by atoms with Gasteiger partial charge in [-0.15, -0.1) is 11.3 Å². The standard InChI is InChI=1S/C9H5ClO2S/c10-8-6(4-11)7(12)3-5-1-2-13-9(5)8/h1-4,12H. The molecular weight excluding hydrogens is 208 g/mol. The van der Waals surface area contributed by atoms with Crippen molar-refractivity contribution in [3.63, 3.8) is 0 Å². The summed E-state index contributed by atoms with van der Waals surface area (Å²) < 4.78 is 0.835. The van der Waals surface area contributed by atoms with Crippen molar-refractivity contribution in [2.75, 3.05) is 0 Å². The summed E-state index contributed by atoms with van der Waals surface area (Å²) in [5, 5.41) is 12.5. The van der Waals surface area contributed by atoms with Gasteiger partial charge in [0.15, 0.2) is 6.29 Å². The van der Waals surface area contributed by atoms with Gasteiger partial charge in [-0.2, -0.15) is 0 Å². The van der Waals surface area contributed by atoms with Gasteiger partial charge in [0, 0.05) is 0 Å². The average molecular weight is 213 g/mol. The molecule has 0 unspecified atom stereocenters. The van der Waals surface area contributed by atoms with Gasteiger partial charge in [0.05, 0.1) is 15.3 Å². The molecule has 66 valence electrons. The first-order valence-corrected chi connectivity index (χ1v) is 4.83. The van der Waals surface area contributed by atoms with E-state index < -0.39 is 0 Å². The minimum atomic E-state index is -0.0640. The number of carbonyl (C=O) groups is 1. The average Bonchev–Trinajstić information content (AvgIpc) is 2.53. The molecule has 0 bridgehead atoms. The molecule has 0 atom stereocenters. The Bertz CT molecular complexity index is 476. The van der Waals surface area contributed by atoms with E-state index in [-0.39, 0.29) is 11.3 Å². The molecule has 13 heavy (non-hydrogen) atoms. The Kier molecular flexibility index (Phi) is 1.98. The van der Waals surface area contributed by atoms with Gasteiger partial charge in [0.2, 0.25) is 0 Å². The molecule has 2 aromatic rings. The molecule has 1 heterocycles. The second-order valence-electron chi connectivity index (χ2n) is 2.58. The first-order chi connectivity index (χ1) is 6.24. The van der Waals surface area contributed by atoms with Crippen molar-refractivity contribution in [3.05, 3.63) is 28.1 Å². The van der Waals surface area contributed by atoms with Crippen molar-refractivity contribution in [1.29, 1.82) is 0 Å².